The standard InChI is InChI=1S/C21H23ClN4O2/c1-13(2)11-18(20-25-16-5-3-4-6-17(16)26-20)24-19(27)12-23-21(28)14-7-9-15(22)10-8-14/h3-10,13,18H,11-12H2,1-2H3,(H,23,28)(H,24,27)(H,25,26). The summed E-state index contributed by atoms with van der Waals surface area (Å²) in [6, 6.07) is 14.0. The van der Waals surface area contributed by atoms with Crippen molar-refractivity contribution in [1.29, 1.82) is 0 Å². The molecule has 3 aromatic rings. The summed E-state index contributed by atoms with van der Waals surface area (Å²) in [5, 5.41) is 6.16. The molecule has 6 nitrogen and oxygen atoms in total. The first-order chi connectivity index (χ1) is 13.4. The second kappa shape index (κ2) is 8.89. The number of hydrogen-bond donors (Lipinski definition) is 3. The van der Waals surface area contributed by atoms with Crippen LogP contribution in [0, 0.1) is 5.92 Å². The topological polar surface area (TPSA) is 86.9 Å². The minimum absolute atomic E-state index is 0.115. The van der Waals surface area contributed by atoms with Crippen molar-refractivity contribution in [3.8, 4) is 0 Å². The summed E-state index contributed by atoms with van der Waals surface area (Å²) in [4.78, 5) is 32.5. The number of amides is 2. The molecule has 1 atom stereocenters. The second-order valence-corrected chi connectivity index (χ2v) is 7.51. The fraction of sp³-hybridized carbons (Fsp3) is 0.286. The molecule has 7 heteroatoms. The Morgan fingerprint density at radius 1 is 1.11 bits per heavy atom. The van der Waals surface area contributed by atoms with Gasteiger partial charge in [-0.1, -0.05) is 37.6 Å². The molecule has 2 amide bonds. The number of nitrogens with one attached hydrogen (secondary N) is 3. The largest absolute Gasteiger partial charge is 0.345 e. The molecule has 146 valence electrons. The monoisotopic (exact) mass is 398 g/mol. The van der Waals surface area contributed by atoms with Gasteiger partial charge in [-0.2, -0.15) is 0 Å². The van der Waals surface area contributed by atoms with Crippen LogP contribution in [0.1, 0.15) is 42.5 Å². The van der Waals surface area contributed by atoms with Gasteiger partial charge in [0.15, 0.2) is 0 Å². The summed E-state index contributed by atoms with van der Waals surface area (Å²) < 4.78 is 0. The maximum absolute atomic E-state index is 12.4. The summed E-state index contributed by atoms with van der Waals surface area (Å²) in [7, 11) is 0. The Kier molecular flexibility index (Phi) is 6.31. The molecule has 0 spiro atoms. The second-order valence-electron chi connectivity index (χ2n) is 7.08. The fourth-order valence-corrected chi connectivity index (χ4v) is 3.08. The van der Waals surface area contributed by atoms with Crippen molar-refractivity contribution < 1.29 is 9.59 Å². The van der Waals surface area contributed by atoms with Crippen LogP contribution in [0.25, 0.3) is 11.0 Å². The van der Waals surface area contributed by atoms with E-state index in [4.69, 9.17) is 11.6 Å². The molecule has 0 saturated carbocycles. The van der Waals surface area contributed by atoms with Crippen molar-refractivity contribution in [1.82, 2.24) is 20.6 Å². The summed E-state index contributed by atoms with van der Waals surface area (Å²) in [6.07, 6.45) is 0.733. The number of imidazole rings is 1. The van der Waals surface area contributed by atoms with Gasteiger partial charge in [0.25, 0.3) is 5.91 Å². The molecule has 0 fully saturated rings. The average molecular weight is 399 g/mol. The van der Waals surface area contributed by atoms with Crippen LogP contribution in [0.2, 0.25) is 5.02 Å². The number of halogens is 1. The number of aromatic amines is 1. The smallest absolute Gasteiger partial charge is 0.251 e. The molecule has 0 aliphatic rings. The lowest BCUT2D eigenvalue weighted by atomic mass is 10.0. The van der Waals surface area contributed by atoms with Crippen LogP contribution in [-0.2, 0) is 4.79 Å². The Morgan fingerprint density at radius 2 is 1.82 bits per heavy atom. The highest BCUT2D eigenvalue weighted by atomic mass is 35.5. The van der Waals surface area contributed by atoms with E-state index >= 15 is 0 Å². The molecule has 3 rings (SSSR count). The highest BCUT2D eigenvalue weighted by molar-refractivity contribution is 6.30. The number of rotatable bonds is 7. The normalized spacial score (nSPS) is 12.1. The molecule has 0 bridgehead atoms. The van der Waals surface area contributed by atoms with Gasteiger partial charge in [0.2, 0.25) is 5.91 Å². The zero-order chi connectivity index (χ0) is 20.1. The van der Waals surface area contributed by atoms with Gasteiger partial charge in [-0.25, -0.2) is 4.98 Å². The van der Waals surface area contributed by atoms with E-state index in [2.05, 4.69) is 34.4 Å². The minimum Gasteiger partial charge on any atom is -0.345 e. The number of benzene rings is 2. The average Bonchev–Trinajstić information content (AvgIpc) is 3.10. The van der Waals surface area contributed by atoms with E-state index in [0.717, 1.165) is 17.5 Å². The van der Waals surface area contributed by atoms with Crippen molar-refractivity contribution in [2.24, 2.45) is 5.92 Å². The lowest BCUT2D eigenvalue weighted by molar-refractivity contribution is -0.121. The van der Waals surface area contributed by atoms with Gasteiger partial charge in [0, 0.05) is 10.6 Å². The zero-order valence-corrected chi connectivity index (χ0v) is 16.6. The predicted octanol–water partition coefficient (Wildman–Crippen LogP) is 3.85. The van der Waals surface area contributed by atoms with Gasteiger partial charge in [0.1, 0.15) is 5.82 Å². The Balaban J connectivity index is 1.64. The molecule has 0 saturated heterocycles. The zero-order valence-electron chi connectivity index (χ0n) is 15.8. The number of carbonyl (C=O) groups excluding carboxylic acids is 2. The third kappa shape index (κ3) is 5.10. The van der Waals surface area contributed by atoms with E-state index in [1.807, 2.05) is 24.3 Å². The first kappa shape index (κ1) is 19.9. The van der Waals surface area contributed by atoms with Gasteiger partial charge in [-0.15, -0.1) is 0 Å². The van der Waals surface area contributed by atoms with E-state index in [9.17, 15) is 9.59 Å². The lowest BCUT2D eigenvalue weighted by Gasteiger charge is -2.19. The molecule has 2 aromatic carbocycles. The Labute approximate surface area is 168 Å². The number of H-pyrrole nitrogens is 1. The molecule has 0 radical (unpaired) electrons. The summed E-state index contributed by atoms with van der Waals surface area (Å²) >= 11 is 5.83. The predicted molar refractivity (Wildman–Crippen MR) is 110 cm³/mol. The summed E-state index contributed by atoms with van der Waals surface area (Å²) in [5.74, 6) is 0.485. The number of hydrogen-bond acceptors (Lipinski definition) is 3. The number of para-hydroxylation sites is 2. The van der Waals surface area contributed by atoms with Crippen LogP contribution in [0.15, 0.2) is 48.5 Å². The van der Waals surface area contributed by atoms with Gasteiger partial charge >= 0.3 is 0 Å². The van der Waals surface area contributed by atoms with Gasteiger partial charge in [-0.3, -0.25) is 9.59 Å². The first-order valence-electron chi connectivity index (χ1n) is 9.20. The maximum atomic E-state index is 12.4. The summed E-state index contributed by atoms with van der Waals surface area (Å²) in [6.45, 7) is 4.06. The molecule has 28 heavy (non-hydrogen) atoms. The first-order valence-corrected chi connectivity index (χ1v) is 9.58. The Bertz CT molecular complexity index is 933. The molecule has 0 aliphatic heterocycles. The van der Waals surface area contributed by atoms with Crippen molar-refractivity contribution in [3.63, 3.8) is 0 Å². The van der Waals surface area contributed by atoms with E-state index < -0.39 is 0 Å². The maximum Gasteiger partial charge on any atom is 0.251 e. The van der Waals surface area contributed by atoms with Gasteiger partial charge in [-0.05, 0) is 48.7 Å². The van der Waals surface area contributed by atoms with Crippen LogP contribution in [0.5, 0.6) is 0 Å². The lowest BCUT2D eigenvalue weighted by Crippen LogP contribution is -2.39. The third-order valence-corrected chi connectivity index (χ3v) is 4.55. The molecule has 3 N–H and O–H groups in total. The minimum atomic E-state index is -0.323. The highest BCUT2D eigenvalue weighted by Gasteiger charge is 2.20. The van der Waals surface area contributed by atoms with Crippen LogP contribution in [0.3, 0.4) is 0 Å². The molecule has 0 aliphatic carbocycles. The van der Waals surface area contributed by atoms with Crippen molar-refractivity contribution >= 4 is 34.4 Å². The van der Waals surface area contributed by atoms with Crippen molar-refractivity contribution in [3.05, 3.63) is 64.9 Å². The molecular formula is C21H23ClN4O2. The van der Waals surface area contributed by atoms with Gasteiger partial charge < -0.3 is 15.6 Å². The highest BCUT2D eigenvalue weighted by Crippen LogP contribution is 2.21. The number of nitrogens with zero attached hydrogens (tertiary/aromatic N) is 1. The SMILES string of the molecule is CC(C)CC(NC(=O)CNC(=O)c1ccc(Cl)cc1)c1nc2ccccc2[nH]1. The Morgan fingerprint density at radius 3 is 2.50 bits per heavy atom. The van der Waals surface area contributed by atoms with Crippen molar-refractivity contribution in [2.75, 3.05) is 6.54 Å². The third-order valence-electron chi connectivity index (χ3n) is 4.30. The van der Waals surface area contributed by atoms with Gasteiger partial charge in [0.05, 0.1) is 23.6 Å². The number of fused-ring (bicyclic) bond motifs is 1. The van der Waals surface area contributed by atoms with Crippen LogP contribution in [-0.4, -0.2) is 28.3 Å². The molecule has 1 heterocycles. The molecule has 1 unspecified atom stereocenters. The van der Waals surface area contributed by atoms with E-state index in [0.29, 0.717) is 22.3 Å². The number of aromatic nitrogens is 2. The van der Waals surface area contributed by atoms with Crippen LogP contribution < -0.4 is 10.6 Å². The molecule has 1 aromatic heterocycles. The van der Waals surface area contributed by atoms with Crippen molar-refractivity contribution in [2.45, 2.75) is 26.3 Å². The molecular weight excluding hydrogens is 376 g/mol. The summed E-state index contributed by atoms with van der Waals surface area (Å²) in [5.41, 5.74) is 2.24. The van der Waals surface area contributed by atoms with E-state index in [1.54, 1.807) is 24.3 Å². The van der Waals surface area contributed by atoms with Crippen LogP contribution >= 0.6 is 11.6 Å². The quantitative estimate of drug-likeness (QED) is 0.565. The Hall–Kier alpha value is -2.86. The van der Waals surface area contributed by atoms with E-state index in [-0.39, 0.29) is 24.4 Å². The fourth-order valence-electron chi connectivity index (χ4n) is 2.96. The number of carbonyl (C=O) groups is 2. The van der Waals surface area contributed by atoms with E-state index in [1.165, 1.54) is 0 Å². The van der Waals surface area contributed by atoms with Crippen LogP contribution in [0.4, 0.5) is 0 Å².